The Labute approximate surface area is 231 Å². The van der Waals surface area contributed by atoms with Gasteiger partial charge in [-0.1, -0.05) is 30.3 Å². The van der Waals surface area contributed by atoms with Gasteiger partial charge in [0.2, 0.25) is 0 Å². The van der Waals surface area contributed by atoms with E-state index >= 15 is 0 Å². The van der Waals surface area contributed by atoms with Crippen molar-refractivity contribution >= 4 is 29.5 Å². The number of carbonyl (C=O) groups excluding carboxylic acids is 3. The number of hydrogen-bond donors (Lipinski definition) is 1. The Bertz CT molecular complexity index is 1330. The second kappa shape index (κ2) is 10.1. The number of fused-ring (bicyclic) bond motifs is 3. The summed E-state index contributed by atoms with van der Waals surface area (Å²) in [7, 11) is 0. The molecule has 1 saturated heterocycles. The highest BCUT2D eigenvalue weighted by molar-refractivity contribution is 5.95. The van der Waals surface area contributed by atoms with Crippen LogP contribution < -0.4 is 4.90 Å². The minimum Gasteiger partial charge on any atom is -0.459 e. The number of nitro groups is 1. The van der Waals surface area contributed by atoms with Crippen molar-refractivity contribution in [1.82, 2.24) is 4.90 Å². The van der Waals surface area contributed by atoms with E-state index < -0.39 is 52.1 Å². The predicted octanol–water partition coefficient (Wildman–Crippen LogP) is 4.62. The number of non-ortho nitro benzene ring substituents is 1. The topological polar surface area (TPSA) is 149 Å². The molecule has 1 fully saturated rings. The summed E-state index contributed by atoms with van der Waals surface area (Å²) >= 11 is 0. The van der Waals surface area contributed by atoms with Crippen molar-refractivity contribution in [2.45, 2.75) is 83.6 Å². The number of carbonyl (C=O) groups is 3. The van der Waals surface area contributed by atoms with Gasteiger partial charge in [0, 0.05) is 24.1 Å². The Morgan fingerprint density at radius 2 is 1.60 bits per heavy atom. The van der Waals surface area contributed by atoms with Crippen molar-refractivity contribution in [3.05, 3.63) is 69.8 Å². The summed E-state index contributed by atoms with van der Waals surface area (Å²) in [6, 6.07) is 11.2. The van der Waals surface area contributed by atoms with E-state index in [0.29, 0.717) is 5.56 Å². The van der Waals surface area contributed by atoms with Crippen LogP contribution in [0.5, 0.6) is 0 Å². The highest BCUT2D eigenvalue weighted by atomic mass is 16.6. The zero-order chi connectivity index (χ0) is 29.6. The maximum atomic E-state index is 13.6. The van der Waals surface area contributed by atoms with E-state index in [4.69, 9.17) is 14.2 Å². The van der Waals surface area contributed by atoms with Crippen molar-refractivity contribution in [1.29, 1.82) is 0 Å². The number of aliphatic hydroxyl groups is 1. The van der Waals surface area contributed by atoms with Crippen molar-refractivity contribution in [2.24, 2.45) is 0 Å². The van der Waals surface area contributed by atoms with Crippen LogP contribution in [0.4, 0.5) is 21.0 Å². The van der Waals surface area contributed by atoms with Crippen LogP contribution in [-0.2, 0) is 31.2 Å². The molecule has 2 heterocycles. The summed E-state index contributed by atoms with van der Waals surface area (Å²) < 4.78 is 16.7. The number of likely N-dealkylation sites (tertiary alicyclic amines) is 1. The van der Waals surface area contributed by atoms with E-state index in [0.717, 1.165) is 15.9 Å². The van der Waals surface area contributed by atoms with Gasteiger partial charge in [0.15, 0.2) is 6.17 Å². The second-order valence-electron chi connectivity index (χ2n) is 11.8. The molecule has 1 N–H and O–H groups in total. The zero-order valence-electron chi connectivity index (χ0n) is 23.2. The molecule has 2 aromatic rings. The van der Waals surface area contributed by atoms with E-state index in [1.165, 1.54) is 12.1 Å². The van der Waals surface area contributed by atoms with Crippen LogP contribution in [-0.4, -0.2) is 56.5 Å². The number of nitrogens with zero attached hydrogens (tertiary/aromatic N) is 3. The molecule has 0 radical (unpaired) electrons. The lowest BCUT2D eigenvalue weighted by Crippen LogP contribution is -2.57. The van der Waals surface area contributed by atoms with Gasteiger partial charge in [0.05, 0.1) is 10.6 Å². The second-order valence-corrected chi connectivity index (χ2v) is 11.8. The summed E-state index contributed by atoms with van der Waals surface area (Å²) in [5.74, 6) is -0.815. The fourth-order valence-electron chi connectivity index (χ4n) is 4.89. The number of hydrogen-bond acceptors (Lipinski definition) is 9. The lowest BCUT2D eigenvalue weighted by atomic mass is 9.91. The first-order valence-corrected chi connectivity index (χ1v) is 12.8. The standard InChI is InChI=1S/C28H33N3O9/c1-26(2,3)39-24(33)29-20-14-18(31(36)37)12-13-19(20)28(35)15-21(22(32)38-16-17-10-8-7-9-11-17)30(23(28)29)25(34)40-27(4,5)6/h7-14,21,23,35H,15-16H2,1-6H3. The molecule has 4 rings (SSSR count). The fraction of sp³-hybridized carbons (Fsp3) is 0.464. The molecule has 2 aromatic carbocycles. The molecule has 0 aromatic heterocycles. The van der Waals surface area contributed by atoms with Crippen LogP contribution in [0.3, 0.4) is 0 Å². The molecule has 0 spiro atoms. The first-order valence-electron chi connectivity index (χ1n) is 12.8. The Morgan fingerprint density at radius 1 is 1.00 bits per heavy atom. The van der Waals surface area contributed by atoms with Gasteiger partial charge < -0.3 is 19.3 Å². The maximum Gasteiger partial charge on any atom is 0.416 e. The average molecular weight is 556 g/mol. The predicted molar refractivity (Wildman–Crippen MR) is 142 cm³/mol. The lowest BCUT2D eigenvalue weighted by molar-refractivity contribution is -0.384. The highest BCUT2D eigenvalue weighted by Gasteiger charge is 2.66. The molecule has 0 saturated carbocycles. The van der Waals surface area contributed by atoms with Crippen molar-refractivity contribution in [3.63, 3.8) is 0 Å². The number of esters is 1. The van der Waals surface area contributed by atoms with E-state index in [-0.39, 0.29) is 30.0 Å². The smallest absolute Gasteiger partial charge is 0.416 e. The van der Waals surface area contributed by atoms with E-state index in [1.54, 1.807) is 65.8 Å². The molecular formula is C28H33N3O9. The lowest BCUT2D eigenvalue weighted by Gasteiger charge is -2.37. The Kier molecular flexibility index (Phi) is 7.26. The molecule has 214 valence electrons. The van der Waals surface area contributed by atoms with E-state index in [1.807, 2.05) is 6.07 Å². The molecule has 2 aliphatic heterocycles. The van der Waals surface area contributed by atoms with Gasteiger partial charge in [-0.15, -0.1) is 0 Å². The average Bonchev–Trinajstić information content (AvgIpc) is 3.27. The molecule has 2 aliphatic rings. The van der Waals surface area contributed by atoms with Crippen molar-refractivity contribution in [3.8, 4) is 0 Å². The van der Waals surface area contributed by atoms with E-state index in [9.17, 15) is 29.6 Å². The minimum absolute atomic E-state index is 0.0133. The molecule has 0 aliphatic carbocycles. The molecule has 12 nitrogen and oxygen atoms in total. The number of amides is 2. The van der Waals surface area contributed by atoms with Gasteiger partial charge in [-0.25, -0.2) is 14.4 Å². The minimum atomic E-state index is -1.99. The first kappa shape index (κ1) is 28.8. The Morgan fingerprint density at radius 3 is 2.17 bits per heavy atom. The van der Waals surface area contributed by atoms with Gasteiger partial charge in [0.1, 0.15) is 29.5 Å². The monoisotopic (exact) mass is 555 g/mol. The SMILES string of the molecule is CC(C)(C)OC(=O)N1c2cc([N+](=O)[O-])ccc2C2(O)CC(C(=O)OCc3ccccc3)N(C(=O)OC(C)(C)C)C12. The molecule has 3 atom stereocenters. The quantitative estimate of drug-likeness (QED) is 0.247. The summed E-state index contributed by atoms with van der Waals surface area (Å²) in [5, 5.41) is 23.6. The zero-order valence-corrected chi connectivity index (χ0v) is 23.2. The van der Waals surface area contributed by atoms with Crippen LogP contribution in [0, 0.1) is 10.1 Å². The van der Waals surface area contributed by atoms with Gasteiger partial charge in [-0.3, -0.25) is 19.9 Å². The van der Waals surface area contributed by atoms with Gasteiger partial charge in [-0.05, 0) is 53.2 Å². The van der Waals surface area contributed by atoms with Crippen LogP contribution in [0.1, 0.15) is 59.1 Å². The molecule has 2 amide bonds. The van der Waals surface area contributed by atoms with Crippen LogP contribution in [0.15, 0.2) is 48.5 Å². The third kappa shape index (κ3) is 5.57. The van der Waals surface area contributed by atoms with E-state index in [2.05, 4.69) is 0 Å². The summed E-state index contributed by atoms with van der Waals surface area (Å²) in [6.45, 7) is 9.71. The van der Waals surface area contributed by atoms with Crippen LogP contribution in [0.25, 0.3) is 0 Å². The normalized spacial score (nSPS) is 21.9. The summed E-state index contributed by atoms with van der Waals surface area (Å²) in [6.07, 6.45) is -3.81. The largest absolute Gasteiger partial charge is 0.459 e. The third-order valence-corrected chi connectivity index (χ3v) is 6.38. The molecule has 0 bridgehead atoms. The number of nitro benzene ring substituents is 1. The molecule has 40 heavy (non-hydrogen) atoms. The first-order chi connectivity index (χ1) is 18.5. The summed E-state index contributed by atoms with van der Waals surface area (Å²) in [4.78, 5) is 53.5. The molecule has 3 unspecified atom stereocenters. The molecular weight excluding hydrogens is 522 g/mol. The maximum absolute atomic E-state index is 13.6. The number of benzene rings is 2. The molecule has 12 heteroatoms. The van der Waals surface area contributed by atoms with Gasteiger partial charge in [-0.2, -0.15) is 0 Å². The fourth-order valence-corrected chi connectivity index (χ4v) is 4.89. The number of ether oxygens (including phenoxy) is 3. The Balaban J connectivity index is 1.81. The van der Waals surface area contributed by atoms with Crippen molar-refractivity contribution < 1.29 is 38.6 Å². The summed E-state index contributed by atoms with van der Waals surface area (Å²) in [5.41, 5.74) is -3.47. The van der Waals surface area contributed by atoms with Crippen LogP contribution in [0.2, 0.25) is 0 Å². The highest BCUT2D eigenvalue weighted by Crippen LogP contribution is 2.54. The van der Waals surface area contributed by atoms with Crippen molar-refractivity contribution in [2.75, 3.05) is 4.90 Å². The number of rotatable bonds is 4. The Hall–Kier alpha value is -4.19. The number of anilines is 1. The van der Waals surface area contributed by atoms with Gasteiger partial charge >= 0.3 is 18.2 Å². The van der Waals surface area contributed by atoms with Gasteiger partial charge in [0.25, 0.3) is 5.69 Å². The third-order valence-electron chi connectivity index (χ3n) is 6.38. The van der Waals surface area contributed by atoms with Crippen LogP contribution >= 0.6 is 0 Å².